The third kappa shape index (κ3) is 3.42. The van der Waals surface area contributed by atoms with E-state index in [2.05, 4.69) is 36.1 Å². The van der Waals surface area contributed by atoms with Crippen molar-refractivity contribution in [1.82, 2.24) is 4.90 Å². The average molecular weight is 245 g/mol. The molecule has 1 fully saturated rings. The monoisotopic (exact) mass is 245 g/mol. The molecule has 2 heteroatoms. The van der Waals surface area contributed by atoms with E-state index in [0.717, 1.165) is 19.0 Å². The van der Waals surface area contributed by atoms with Gasteiger partial charge in [-0.25, -0.2) is 0 Å². The van der Waals surface area contributed by atoms with Gasteiger partial charge in [0.15, 0.2) is 0 Å². The quantitative estimate of drug-likeness (QED) is 0.810. The van der Waals surface area contributed by atoms with Gasteiger partial charge in [0.25, 0.3) is 0 Å². The summed E-state index contributed by atoms with van der Waals surface area (Å²) in [5, 5.41) is 0. The van der Waals surface area contributed by atoms with Crippen LogP contribution in [0.3, 0.4) is 0 Å². The molecular formula is C16H23NO. The second-order valence-corrected chi connectivity index (χ2v) is 5.57. The van der Waals surface area contributed by atoms with E-state index in [1.165, 1.54) is 18.4 Å². The molecule has 2 unspecified atom stereocenters. The molecule has 0 spiro atoms. The summed E-state index contributed by atoms with van der Waals surface area (Å²) in [7, 11) is 0. The molecule has 0 N–H and O–H groups in total. The average Bonchev–Trinajstić information content (AvgIpc) is 2.37. The number of likely N-dealkylation sites (tertiary alicyclic amines) is 1. The van der Waals surface area contributed by atoms with Crippen molar-refractivity contribution in [2.45, 2.75) is 39.2 Å². The Hall–Kier alpha value is -1.15. The smallest absolute Gasteiger partial charge is 0.131 e. The molecular weight excluding hydrogens is 222 g/mol. The Morgan fingerprint density at radius 1 is 1.39 bits per heavy atom. The SMILES string of the molecule is CC(=O)CC(c1ccccc1)N1CCCC(C)C1. The van der Waals surface area contributed by atoms with Gasteiger partial charge in [-0.15, -0.1) is 0 Å². The first-order valence-corrected chi connectivity index (χ1v) is 6.95. The lowest BCUT2D eigenvalue weighted by Gasteiger charge is -2.37. The number of hydrogen-bond donors (Lipinski definition) is 0. The van der Waals surface area contributed by atoms with Crippen molar-refractivity contribution < 1.29 is 4.79 Å². The number of benzene rings is 1. The molecule has 18 heavy (non-hydrogen) atoms. The summed E-state index contributed by atoms with van der Waals surface area (Å²) < 4.78 is 0. The molecule has 0 aliphatic carbocycles. The molecule has 98 valence electrons. The molecule has 2 atom stereocenters. The number of Topliss-reactive ketones (excluding diaryl/α,β-unsaturated/α-hetero) is 1. The summed E-state index contributed by atoms with van der Waals surface area (Å²) in [6, 6.07) is 10.7. The van der Waals surface area contributed by atoms with Crippen molar-refractivity contribution in [3.63, 3.8) is 0 Å². The van der Waals surface area contributed by atoms with E-state index in [1.807, 2.05) is 6.07 Å². The summed E-state index contributed by atoms with van der Waals surface area (Å²) in [6.07, 6.45) is 3.21. The maximum absolute atomic E-state index is 11.5. The zero-order chi connectivity index (χ0) is 13.0. The van der Waals surface area contributed by atoms with Gasteiger partial charge < -0.3 is 0 Å². The van der Waals surface area contributed by atoms with Gasteiger partial charge in [0.2, 0.25) is 0 Å². The number of nitrogens with zero attached hydrogens (tertiary/aromatic N) is 1. The second-order valence-electron chi connectivity index (χ2n) is 5.57. The molecule has 0 amide bonds. The fourth-order valence-corrected chi connectivity index (χ4v) is 2.91. The summed E-state index contributed by atoms with van der Waals surface area (Å²) in [4.78, 5) is 14.0. The highest BCUT2D eigenvalue weighted by Crippen LogP contribution is 2.29. The van der Waals surface area contributed by atoms with Crippen LogP contribution in [0.25, 0.3) is 0 Å². The number of piperidine rings is 1. The van der Waals surface area contributed by atoms with E-state index in [1.54, 1.807) is 6.92 Å². The number of rotatable bonds is 4. The van der Waals surface area contributed by atoms with E-state index in [4.69, 9.17) is 0 Å². The molecule has 1 saturated heterocycles. The molecule has 1 aromatic carbocycles. The molecule has 1 aliphatic heterocycles. The zero-order valence-electron chi connectivity index (χ0n) is 11.4. The summed E-state index contributed by atoms with van der Waals surface area (Å²) >= 11 is 0. The molecule has 1 aromatic rings. The Morgan fingerprint density at radius 3 is 2.72 bits per heavy atom. The van der Waals surface area contributed by atoms with Crippen LogP contribution in [-0.2, 0) is 4.79 Å². The van der Waals surface area contributed by atoms with Gasteiger partial charge in [-0.05, 0) is 37.8 Å². The number of hydrogen-bond acceptors (Lipinski definition) is 2. The molecule has 2 nitrogen and oxygen atoms in total. The number of carbonyl (C=O) groups is 1. The first-order valence-electron chi connectivity index (χ1n) is 6.95. The number of carbonyl (C=O) groups excluding carboxylic acids is 1. The predicted molar refractivity (Wildman–Crippen MR) is 74.5 cm³/mol. The maximum Gasteiger partial charge on any atom is 0.131 e. The third-order valence-corrected chi connectivity index (χ3v) is 3.79. The summed E-state index contributed by atoms with van der Waals surface area (Å²) in [5.74, 6) is 1.03. The largest absolute Gasteiger partial charge is 0.300 e. The van der Waals surface area contributed by atoms with Crippen LogP contribution < -0.4 is 0 Å². The zero-order valence-corrected chi connectivity index (χ0v) is 11.4. The lowest BCUT2D eigenvalue weighted by atomic mass is 9.94. The van der Waals surface area contributed by atoms with Gasteiger partial charge in [0.05, 0.1) is 0 Å². The minimum absolute atomic E-state index is 0.270. The van der Waals surface area contributed by atoms with Gasteiger partial charge in [0, 0.05) is 19.0 Å². The van der Waals surface area contributed by atoms with Gasteiger partial charge in [-0.1, -0.05) is 37.3 Å². The lowest BCUT2D eigenvalue weighted by molar-refractivity contribution is -0.118. The standard InChI is InChI=1S/C16H23NO/c1-13-7-6-10-17(12-13)16(11-14(2)18)15-8-4-3-5-9-15/h3-5,8-9,13,16H,6-7,10-12H2,1-2H3. The van der Waals surface area contributed by atoms with Crippen molar-refractivity contribution in [2.24, 2.45) is 5.92 Å². The number of ketones is 1. The van der Waals surface area contributed by atoms with Crippen LogP contribution in [-0.4, -0.2) is 23.8 Å². The van der Waals surface area contributed by atoms with Gasteiger partial charge >= 0.3 is 0 Å². The van der Waals surface area contributed by atoms with Gasteiger partial charge in [-0.3, -0.25) is 9.69 Å². The Labute approximate surface area is 110 Å². The predicted octanol–water partition coefficient (Wildman–Crippen LogP) is 3.44. The van der Waals surface area contributed by atoms with Gasteiger partial charge in [-0.2, -0.15) is 0 Å². The van der Waals surface area contributed by atoms with Crippen molar-refractivity contribution >= 4 is 5.78 Å². The van der Waals surface area contributed by atoms with Crippen LogP contribution in [0.5, 0.6) is 0 Å². The van der Waals surface area contributed by atoms with Crippen LogP contribution in [0.1, 0.15) is 44.7 Å². The third-order valence-electron chi connectivity index (χ3n) is 3.79. The van der Waals surface area contributed by atoms with Crippen LogP contribution in [0.4, 0.5) is 0 Å². The first-order chi connectivity index (χ1) is 8.66. The Morgan fingerprint density at radius 2 is 2.11 bits per heavy atom. The van der Waals surface area contributed by atoms with Crippen LogP contribution in [0.2, 0.25) is 0 Å². The van der Waals surface area contributed by atoms with E-state index in [9.17, 15) is 4.79 Å². The van der Waals surface area contributed by atoms with Crippen molar-refractivity contribution in [1.29, 1.82) is 0 Å². The normalized spacial score (nSPS) is 22.7. The highest BCUT2D eigenvalue weighted by atomic mass is 16.1. The molecule has 0 radical (unpaired) electrons. The first kappa shape index (κ1) is 13.3. The minimum atomic E-state index is 0.270. The fraction of sp³-hybridized carbons (Fsp3) is 0.562. The Kier molecular flexibility index (Phi) is 4.54. The molecule has 0 bridgehead atoms. The fourth-order valence-electron chi connectivity index (χ4n) is 2.91. The van der Waals surface area contributed by atoms with Crippen molar-refractivity contribution in [3.05, 3.63) is 35.9 Å². The lowest BCUT2D eigenvalue weighted by Crippen LogP contribution is -2.38. The molecule has 0 saturated carbocycles. The molecule has 1 heterocycles. The molecule has 1 aliphatic rings. The highest BCUT2D eigenvalue weighted by Gasteiger charge is 2.25. The molecule has 0 aromatic heterocycles. The van der Waals surface area contributed by atoms with E-state index >= 15 is 0 Å². The Bertz CT molecular complexity index is 387. The maximum atomic E-state index is 11.5. The van der Waals surface area contributed by atoms with Crippen LogP contribution in [0.15, 0.2) is 30.3 Å². The summed E-state index contributed by atoms with van der Waals surface area (Å²) in [6.45, 7) is 6.25. The Balaban J connectivity index is 2.16. The van der Waals surface area contributed by atoms with E-state index in [0.29, 0.717) is 6.42 Å². The second kappa shape index (κ2) is 6.14. The topological polar surface area (TPSA) is 20.3 Å². The van der Waals surface area contributed by atoms with Crippen molar-refractivity contribution in [2.75, 3.05) is 13.1 Å². The minimum Gasteiger partial charge on any atom is -0.300 e. The molecule has 2 rings (SSSR count). The van der Waals surface area contributed by atoms with Gasteiger partial charge in [0.1, 0.15) is 5.78 Å². The van der Waals surface area contributed by atoms with Crippen LogP contribution in [0, 0.1) is 5.92 Å². The van der Waals surface area contributed by atoms with E-state index < -0.39 is 0 Å². The summed E-state index contributed by atoms with van der Waals surface area (Å²) in [5.41, 5.74) is 1.28. The van der Waals surface area contributed by atoms with Crippen molar-refractivity contribution in [3.8, 4) is 0 Å². The van der Waals surface area contributed by atoms with E-state index in [-0.39, 0.29) is 11.8 Å². The van der Waals surface area contributed by atoms with Crippen LogP contribution >= 0.6 is 0 Å². The highest BCUT2D eigenvalue weighted by molar-refractivity contribution is 5.76.